The molecule has 2 aromatic heterocycles. The van der Waals surface area contributed by atoms with Gasteiger partial charge in [-0.3, -0.25) is 22.8 Å². The Hall–Kier alpha value is -2.29. The minimum absolute atomic E-state index is 0.0443. The fourth-order valence-electron chi connectivity index (χ4n) is 4.70. The zero-order valence-electron chi connectivity index (χ0n) is 18.9. The molecule has 3 aromatic rings. The minimum Gasteiger partial charge on any atom is -0.293 e. The molecule has 0 saturated carbocycles. The summed E-state index contributed by atoms with van der Waals surface area (Å²) in [5.74, 6) is 1.35. The topological polar surface area (TPSA) is 83.0 Å². The third-order valence-electron chi connectivity index (χ3n) is 6.50. The number of anilines is 1. The monoisotopic (exact) mass is 444 g/mol. The summed E-state index contributed by atoms with van der Waals surface area (Å²) in [5, 5.41) is 4.87. The van der Waals surface area contributed by atoms with E-state index in [1.54, 1.807) is 20.4 Å². The van der Waals surface area contributed by atoms with Crippen LogP contribution in [0.2, 0.25) is 0 Å². The van der Waals surface area contributed by atoms with Crippen LogP contribution in [0.5, 0.6) is 0 Å². The molecule has 2 N–H and O–H groups in total. The summed E-state index contributed by atoms with van der Waals surface area (Å²) in [6.07, 6.45) is 2.73. The van der Waals surface area contributed by atoms with Crippen molar-refractivity contribution in [2.45, 2.75) is 52.9 Å². The van der Waals surface area contributed by atoms with Crippen molar-refractivity contribution in [2.24, 2.45) is 7.05 Å². The fraction of sp³-hybridized carbons (Fsp3) is 0.478. The van der Waals surface area contributed by atoms with Crippen LogP contribution in [-0.4, -0.2) is 35.6 Å². The van der Waals surface area contributed by atoms with E-state index in [1.165, 1.54) is 0 Å². The van der Waals surface area contributed by atoms with Crippen molar-refractivity contribution in [1.29, 1.82) is 0 Å². The van der Waals surface area contributed by atoms with Crippen LogP contribution < -0.4 is 9.86 Å². The van der Waals surface area contributed by atoms with Crippen LogP contribution in [0.25, 0.3) is 16.9 Å². The largest absolute Gasteiger partial charge is 0.293 e. The maximum atomic E-state index is 13.4. The summed E-state index contributed by atoms with van der Waals surface area (Å²) in [6.45, 7) is 8.89. The molecule has 1 aliphatic rings. The first-order valence-electron chi connectivity index (χ1n) is 10.9. The van der Waals surface area contributed by atoms with E-state index in [4.69, 9.17) is 5.10 Å². The molecule has 0 amide bonds. The van der Waals surface area contributed by atoms with E-state index in [0.717, 1.165) is 47.3 Å². The van der Waals surface area contributed by atoms with Crippen molar-refractivity contribution in [3.8, 4) is 11.4 Å². The van der Waals surface area contributed by atoms with Crippen molar-refractivity contribution < 1.29 is 9.11 Å². The number of hydrogen-bond acceptors (Lipinski definition) is 5. The Morgan fingerprint density at radius 3 is 2.45 bits per heavy atom. The number of aromatic nitrogens is 3. The molecule has 0 spiro atoms. The van der Waals surface area contributed by atoms with Gasteiger partial charge in [0.25, 0.3) is 5.56 Å². The second-order valence-corrected chi connectivity index (χ2v) is 10.6. The van der Waals surface area contributed by atoms with Gasteiger partial charge >= 0.3 is 0 Å². The Labute approximate surface area is 184 Å². The van der Waals surface area contributed by atoms with Gasteiger partial charge in [0, 0.05) is 24.8 Å². The second-order valence-electron chi connectivity index (χ2n) is 8.49. The number of nitrogens with zero attached hydrogens (tertiary/aromatic N) is 4. The van der Waals surface area contributed by atoms with Gasteiger partial charge in [-0.25, -0.2) is 4.52 Å². The predicted molar refractivity (Wildman–Crippen MR) is 128 cm³/mol. The minimum atomic E-state index is -2.74. The highest BCUT2D eigenvalue weighted by atomic mass is 32.3. The maximum Gasteiger partial charge on any atom is 0.278 e. The lowest BCUT2D eigenvalue weighted by atomic mass is 9.95. The molecule has 1 fully saturated rings. The lowest BCUT2D eigenvalue weighted by Crippen LogP contribution is -2.25. The van der Waals surface area contributed by atoms with Gasteiger partial charge in [-0.1, -0.05) is 13.8 Å². The summed E-state index contributed by atoms with van der Waals surface area (Å²) in [6, 6.07) is 7.85. The van der Waals surface area contributed by atoms with Crippen molar-refractivity contribution in [3.63, 3.8) is 0 Å². The molecule has 0 aliphatic carbocycles. The molecule has 1 aliphatic heterocycles. The van der Waals surface area contributed by atoms with Gasteiger partial charge in [-0.05, 0) is 74.4 Å². The first-order chi connectivity index (χ1) is 14.7. The molecule has 31 heavy (non-hydrogen) atoms. The number of fused-ring (bicyclic) bond motifs is 1. The molecule has 168 valence electrons. The van der Waals surface area contributed by atoms with Crippen LogP contribution in [0, 0.1) is 13.8 Å². The molecule has 1 aromatic carbocycles. The smallest absolute Gasteiger partial charge is 0.278 e. The van der Waals surface area contributed by atoms with Gasteiger partial charge in [0.05, 0.1) is 11.4 Å². The molecule has 0 atom stereocenters. The average Bonchev–Trinajstić information content (AvgIpc) is 3.25. The van der Waals surface area contributed by atoms with E-state index in [1.807, 2.05) is 32.0 Å². The summed E-state index contributed by atoms with van der Waals surface area (Å²) in [5.41, 5.74) is 5.24. The highest BCUT2D eigenvalue weighted by molar-refractivity contribution is 8.25. The van der Waals surface area contributed by atoms with Gasteiger partial charge in [0.15, 0.2) is 5.82 Å². The number of hydrogen-bond donors (Lipinski definition) is 2. The standard InChI is InChI=1S/C23H32N4O3S/c1-6-17(7-2)20-14-16(4)27-21(20)23(28)25(5)22(24-27)19-10-9-18(13-15(19)3)26-11-8-12-31(26,29)30/h9-10,13-14,17,29-30H,6-8,11-12H2,1-5H3. The predicted octanol–water partition coefficient (Wildman–Crippen LogP) is 5.10. The molecule has 0 bridgehead atoms. The Morgan fingerprint density at radius 2 is 1.87 bits per heavy atom. The maximum absolute atomic E-state index is 13.4. The summed E-state index contributed by atoms with van der Waals surface area (Å²) in [4.78, 5) is 13.4. The molecule has 3 heterocycles. The Kier molecular flexibility index (Phi) is 5.66. The van der Waals surface area contributed by atoms with Crippen molar-refractivity contribution in [1.82, 2.24) is 14.2 Å². The normalized spacial score (nSPS) is 17.1. The van der Waals surface area contributed by atoms with Gasteiger partial charge < -0.3 is 0 Å². The van der Waals surface area contributed by atoms with Crippen molar-refractivity contribution in [2.75, 3.05) is 16.6 Å². The number of rotatable bonds is 5. The molecule has 0 radical (unpaired) electrons. The van der Waals surface area contributed by atoms with Gasteiger partial charge in [0.2, 0.25) is 0 Å². The van der Waals surface area contributed by atoms with E-state index in [9.17, 15) is 13.9 Å². The number of benzene rings is 1. The fourth-order valence-corrected chi connectivity index (χ4v) is 6.31. The second kappa shape index (κ2) is 8.00. The lowest BCUT2D eigenvalue weighted by Gasteiger charge is -2.38. The van der Waals surface area contributed by atoms with Crippen molar-refractivity contribution in [3.05, 3.63) is 51.4 Å². The van der Waals surface area contributed by atoms with E-state index in [2.05, 4.69) is 19.9 Å². The molecule has 1 saturated heterocycles. The van der Waals surface area contributed by atoms with Crippen LogP contribution in [0.15, 0.2) is 29.1 Å². The van der Waals surface area contributed by atoms with E-state index in [0.29, 0.717) is 29.6 Å². The Morgan fingerprint density at radius 1 is 1.16 bits per heavy atom. The highest BCUT2D eigenvalue weighted by Gasteiger charge is 2.29. The quantitative estimate of drug-likeness (QED) is 0.572. The van der Waals surface area contributed by atoms with E-state index < -0.39 is 10.8 Å². The first kappa shape index (κ1) is 21.9. The van der Waals surface area contributed by atoms with E-state index in [-0.39, 0.29) is 5.56 Å². The van der Waals surface area contributed by atoms with Gasteiger partial charge in [-0.15, -0.1) is 15.9 Å². The number of aryl methyl sites for hydroxylation is 2. The molecule has 8 heteroatoms. The lowest BCUT2D eigenvalue weighted by molar-refractivity contribution is 0.491. The van der Waals surface area contributed by atoms with Crippen LogP contribution in [0.1, 0.15) is 55.8 Å². The van der Waals surface area contributed by atoms with Gasteiger partial charge in [-0.2, -0.15) is 0 Å². The summed E-state index contributed by atoms with van der Waals surface area (Å²) >= 11 is 0. The summed E-state index contributed by atoms with van der Waals surface area (Å²) in [7, 11) is -0.964. The molecule has 0 unspecified atom stereocenters. The zero-order valence-corrected chi connectivity index (χ0v) is 19.7. The Balaban J connectivity index is 1.85. The molecular formula is C23H32N4O3S. The van der Waals surface area contributed by atoms with Crippen LogP contribution in [-0.2, 0) is 7.05 Å². The first-order valence-corrected chi connectivity index (χ1v) is 12.6. The third-order valence-corrected chi connectivity index (χ3v) is 8.44. The summed E-state index contributed by atoms with van der Waals surface area (Å²) < 4.78 is 25.7. The van der Waals surface area contributed by atoms with Crippen LogP contribution in [0.4, 0.5) is 5.69 Å². The molecular weight excluding hydrogens is 412 g/mol. The Bertz CT molecular complexity index is 1190. The molecule has 7 nitrogen and oxygen atoms in total. The third kappa shape index (κ3) is 3.56. The average molecular weight is 445 g/mol. The molecule has 4 rings (SSSR count). The van der Waals surface area contributed by atoms with Crippen LogP contribution >= 0.6 is 10.8 Å². The SMILES string of the molecule is CCC(CC)c1cc(C)n2nc(-c3ccc(N4CCCS4(O)O)cc3C)n(C)c(=O)c12. The van der Waals surface area contributed by atoms with Crippen molar-refractivity contribution >= 4 is 22.0 Å². The highest BCUT2D eigenvalue weighted by Crippen LogP contribution is 2.51. The van der Waals surface area contributed by atoms with Crippen LogP contribution in [0.3, 0.4) is 0 Å². The zero-order chi connectivity index (χ0) is 22.5. The van der Waals surface area contributed by atoms with Gasteiger partial charge in [0.1, 0.15) is 5.52 Å². The van der Waals surface area contributed by atoms with E-state index >= 15 is 0 Å².